The molecule has 0 amide bonds. The van der Waals surface area contributed by atoms with Gasteiger partial charge in [0.2, 0.25) is 0 Å². The zero-order chi connectivity index (χ0) is 10.4. The Morgan fingerprint density at radius 1 is 0.846 bits per heavy atom. The molecule has 0 aliphatic carbocycles. The maximum atomic E-state index is 6.76. The molecule has 0 aliphatic rings. The SMILES string of the molecule is [Cl][Co][Cl].[NH-]CC[N-]CC[N-]CC[NH-]. The van der Waals surface area contributed by atoms with Crippen molar-refractivity contribution in [2.45, 2.75) is 0 Å². The number of nitrogens with one attached hydrogen (secondary N) is 2. The number of rotatable bonds is 7. The molecule has 0 unspecified atom stereocenters. The van der Waals surface area contributed by atoms with Crippen molar-refractivity contribution in [2.75, 3.05) is 39.3 Å². The molecular formula is C6H14Cl2CoN4-4. The van der Waals surface area contributed by atoms with Gasteiger partial charge in [-0.1, -0.05) is 0 Å². The standard InChI is InChI=1S/C6H14N4.2ClH.Co/c7-1-3-9-5-6-10-4-2-8;;;/h7-8H,1-6H2;2*1H;/q-4;;;+2/p-2. The fraction of sp³-hybridized carbons (Fsp3) is 1.00. The van der Waals surface area contributed by atoms with Crippen LogP contribution in [-0.2, 0) is 12.9 Å². The molecule has 2 N–H and O–H groups in total. The van der Waals surface area contributed by atoms with Gasteiger partial charge in [0.25, 0.3) is 0 Å². The van der Waals surface area contributed by atoms with Gasteiger partial charge < -0.3 is 22.1 Å². The van der Waals surface area contributed by atoms with E-state index in [1.54, 1.807) is 0 Å². The molecule has 0 saturated heterocycles. The fourth-order valence-corrected chi connectivity index (χ4v) is 0.523. The monoisotopic (exact) mass is 271 g/mol. The van der Waals surface area contributed by atoms with Gasteiger partial charge in [0, 0.05) is 0 Å². The van der Waals surface area contributed by atoms with E-state index in [2.05, 4.69) is 10.6 Å². The third-order valence-electron chi connectivity index (χ3n) is 0.956. The van der Waals surface area contributed by atoms with Crippen molar-refractivity contribution in [1.29, 1.82) is 0 Å². The second kappa shape index (κ2) is 18.7. The van der Waals surface area contributed by atoms with Crippen molar-refractivity contribution in [3.8, 4) is 0 Å². The molecule has 0 radical (unpaired) electrons. The molecule has 0 aromatic heterocycles. The molecule has 0 fully saturated rings. The summed E-state index contributed by atoms with van der Waals surface area (Å²) < 4.78 is 0. The molecule has 0 spiro atoms. The molecule has 0 bridgehead atoms. The van der Waals surface area contributed by atoms with Crippen LogP contribution in [0.4, 0.5) is 0 Å². The average Bonchev–Trinajstić information content (AvgIpc) is 2.13. The summed E-state index contributed by atoms with van der Waals surface area (Å²) in [4.78, 5) is 0. The summed E-state index contributed by atoms with van der Waals surface area (Å²) in [5, 5.41) is 8.04. The van der Waals surface area contributed by atoms with Crippen LogP contribution in [0.2, 0.25) is 0 Å². The van der Waals surface area contributed by atoms with Crippen molar-refractivity contribution in [1.82, 2.24) is 0 Å². The molecule has 4 nitrogen and oxygen atoms in total. The van der Waals surface area contributed by atoms with Gasteiger partial charge in [0.05, 0.1) is 0 Å². The molecule has 0 aromatic carbocycles. The maximum Gasteiger partial charge on any atom is -0.168 e. The smallest absolute Gasteiger partial charge is 0.168 e. The van der Waals surface area contributed by atoms with Crippen molar-refractivity contribution in [2.24, 2.45) is 0 Å². The van der Waals surface area contributed by atoms with Crippen LogP contribution in [0, 0.1) is 0 Å². The van der Waals surface area contributed by atoms with E-state index in [0.29, 0.717) is 39.1 Å². The number of halogens is 2. The van der Waals surface area contributed by atoms with E-state index >= 15 is 0 Å². The molecule has 0 aliphatic heterocycles. The molecule has 0 aromatic rings. The van der Waals surface area contributed by atoms with Crippen LogP contribution in [0.25, 0.3) is 22.1 Å². The van der Waals surface area contributed by atoms with Crippen LogP contribution in [-0.4, -0.2) is 39.3 Å². The first-order chi connectivity index (χ1) is 6.33. The minimum Gasteiger partial charge on any atom is -0.679 e. The Balaban J connectivity index is 0. The van der Waals surface area contributed by atoms with Crippen molar-refractivity contribution < 1.29 is 12.9 Å². The van der Waals surface area contributed by atoms with Gasteiger partial charge in [-0.25, -0.2) is 0 Å². The predicted molar refractivity (Wildman–Crippen MR) is 56.3 cm³/mol. The van der Waals surface area contributed by atoms with E-state index in [1.165, 1.54) is 0 Å². The van der Waals surface area contributed by atoms with Crippen LogP contribution < -0.4 is 0 Å². The van der Waals surface area contributed by atoms with Gasteiger partial charge in [-0.15, -0.1) is 0 Å². The predicted octanol–water partition coefficient (Wildman–Crippen LogP) is 3.21. The molecular weight excluding hydrogens is 258 g/mol. The minimum atomic E-state index is 0.373. The van der Waals surface area contributed by atoms with Gasteiger partial charge in [-0.3, -0.25) is 0 Å². The number of hydrogen-bond donors (Lipinski definition) is 0. The molecule has 0 saturated carbocycles. The van der Waals surface area contributed by atoms with E-state index in [4.69, 9.17) is 31.8 Å². The molecule has 0 rings (SSSR count). The van der Waals surface area contributed by atoms with E-state index in [-0.39, 0.29) is 0 Å². The quantitative estimate of drug-likeness (QED) is 0.638. The maximum absolute atomic E-state index is 6.76. The summed E-state index contributed by atoms with van der Waals surface area (Å²) in [6.07, 6.45) is 0. The van der Waals surface area contributed by atoms with Crippen molar-refractivity contribution >= 4 is 20.3 Å². The Bertz CT molecular complexity index is 71.7. The van der Waals surface area contributed by atoms with Crippen LogP contribution in [0.15, 0.2) is 0 Å². The van der Waals surface area contributed by atoms with Gasteiger partial charge in [-0.05, 0) is 0 Å². The van der Waals surface area contributed by atoms with Gasteiger partial charge >= 0.3 is 33.2 Å². The molecule has 7 heteroatoms. The summed E-state index contributed by atoms with van der Waals surface area (Å²) in [5.41, 5.74) is 13.5. The second-order valence-corrected chi connectivity index (χ2v) is 3.61. The zero-order valence-corrected chi connectivity index (χ0v) is 9.78. The molecule has 0 atom stereocenters. The third-order valence-corrected chi connectivity index (χ3v) is 0.956. The van der Waals surface area contributed by atoms with Crippen LogP contribution in [0.1, 0.15) is 0 Å². The Hall–Kier alpha value is 0.926. The summed E-state index contributed by atoms with van der Waals surface area (Å²) in [7, 11) is 9.47. The van der Waals surface area contributed by atoms with E-state index in [0.717, 1.165) is 13.1 Å². The first-order valence-corrected chi connectivity index (χ1v) is 6.59. The van der Waals surface area contributed by atoms with Crippen molar-refractivity contribution in [3.05, 3.63) is 22.1 Å². The zero-order valence-electron chi connectivity index (χ0n) is 7.23. The largest absolute Gasteiger partial charge is 0.679 e. The Morgan fingerprint density at radius 3 is 1.38 bits per heavy atom. The van der Waals surface area contributed by atoms with Crippen LogP contribution in [0.5, 0.6) is 0 Å². The number of hydrogen-bond acceptors (Lipinski definition) is 0. The fourth-order valence-electron chi connectivity index (χ4n) is 0.523. The molecule has 13 heavy (non-hydrogen) atoms. The third kappa shape index (κ3) is 24.6. The van der Waals surface area contributed by atoms with E-state index < -0.39 is 0 Å². The van der Waals surface area contributed by atoms with Gasteiger partial charge in [-0.2, -0.15) is 39.3 Å². The summed E-state index contributed by atoms with van der Waals surface area (Å²) in [6, 6.07) is 0. The molecule has 0 heterocycles. The molecule has 85 valence electrons. The van der Waals surface area contributed by atoms with E-state index in [1.807, 2.05) is 0 Å². The average molecular weight is 272 g/mol. The Kier molecular flexibility index (Phi) is 23.5. The Morgan fingerprint density at radius 2 is 1.15 bits per heavy atom. The van der Waals surface area contributed by atoms with Crippen molar-refractivity contribution in [3.63, 3.8) is 0 Å². The second-order valence-electron chi connectivity index (χ2n) is 1.89. The topological polar surface area (TPSA) is 75.8 Å². The van der Waals surface area contributed by atoms with Crippen LogP contribution >= 0.6 is 20.3 Å². The summed E-state index contributed by atoms with van der Waals surface area (Å²) in [5.74, 6) is 0. The van der Waals surface area contributed by atoms with Crippen LogP contribution in [0.3, 0.4) is 0 Å². The van der Waals surface area contributed by atoms with E-state index in [9.17, 15) is 0 Å². The van der Waals surface area contributed by atoms with Gasteiger partial charge in [0.1, 0.15) is 0 Å². The Labute approximate surface area is 94.6 Å². The summed E-state index contributed by atoms with van der Waals surface area (Å²) in [6.45, 7) is 3.43. The summed E-state index contributed by atoms with van der Waals surface area (Å²) >= 11 is 0.382. The normalized spacial score (nSPS) is 9.54. The van der Waals surface area contributed by atoms with Gasteiger partial charge in [0.15, 0.2) is 0 Å². The first kappa shape index (κ1) is 16.4. The number of nitrogens with zero attached hydrogens (tertiary/aromatic N) is 2. The minimum absolute atomic E-state index is 0.373. The first-order valence-electron chi connectivity index (χ1n) is 3.72.